The molecule has 0 aliphatic rings. The van der Waals surface area contributed by atoms with E-state index in [9.17, 15) is 0 Å². The number of hydrogen-bond acceptors (Lipinski definition) is 1. The molecule has 0 aliphatic carbocycles. The molecule has 0 atom stereocenters. The molecule has 4 aromatic carbocycles. The quantitative estimate of drug-likeness (QED) is 0.325. The average Bonchev–Trinajstić information content (AvgIpc) is 3.00. The van der Waals surface area contributed by atoms with E-state index in [2.05, 4.69) is 61.5 Å². The standard InChI is InChI=1S/C23H18O/c1-2-5-15-8-10-17-16(14-15)9-11-19-18(17)12-13-22-23(19)20-6-3-4-7-21(20)24-22/h3-4,6-14H,2,5H2,1H3. The first-order valence-corrected chi connectivity index (χ1v) is 8.61. The monoisotopic (exact) mass is 310 g/mol. The molecule has 0 aliphatic heterocycles. The van der Waals surface area contributed by atoms with E-state index in [-0.39, 0.29) is 0 Å². The van der Waals surface area contributed by atoms with Crippen LogP contribution in [0.5, 0.6) is 0 Å². The number of aryl methyl sites for hydroxylation is 1. The minimum absolute atomic E-state index is 0.957. The first-order valence-electron chi connectivity index (χ1n) is 8.61. The Morgan fingerprint density at radius 2 is 1.54 bits per heavy atom. The van der Waals surface area contributed by atoms with Gasteiger partial charge in [0.2, 0.25) is 0 Å². The predicted octanol–water partition coefficient (Wildman–Crippen LogP) is 6.84. The van der Waals surface area contributed by atoms with Crippen molar-refractivity contribution < 1.29 is 4.42 Å². The van der Waals surface area contributed by atoms with Gasteiger partial charge in [0, 0.05) is 10.8 Å². The molecule has 24 heavy (non-hydrogen) atoms. The molecule has 1 heterocycles. The van der Waals surface area contributed by atoms with Crippen molar-refractivity contribution in [2.75, 3.05) is 0 Å². The van der Waals surface area contributed by atoms with Gasteiger partial charge in [0.1, 0.15) is 11.2 Å². The zero-order valence-corrected chi connectivity index (χ0v) is 13.7. The highest BCUT2D eigenvalue weighted by Crippen LogP contribution is 2.37. The molecule has 1 nitrogen and oxygen atoms in total. The van der Waals surface area contributed by atoms with Gasteiger partial charge in [-0.1, -0.05) is 67.9 Å². The normalized spacial score (nSPS) is 11.9. The summed E-state index contributed by atoms with van der Waals surface area (Å²) < 4.78 is 6.02. The van der Waals surface area contributed by atoms with Crippen LogP contribution in [0.3, 0.4) is 0 Å². The first kappa shape index (κ1) is 13.6. The summed E-state index contributed by atoms with van der Waals surface area (Å²) in [4.78, 5) is 0. The van der Waals surface area contributed by atoms with Gasteiger partial charge in [0.05, 0.1) is 0 Å². The molecule has 5 aromatic rings. The molecular formula is C23H18O. The predicted molar refractivity (Wildman–Crippen MR) is 103 cm³/mol. The van der Waals surface area contributed by atoms with Crippen LogP contribution in [-0.4, -0.2) is 0 Å². The Balaban J connectivity index is 1.91. The highest BCUT2D eigenvalue weighted by molar-refractivity contribution is 6.23. The molecule has 0 amide bonds. The van der Waals surface area contributed by atoms with Crippen LogP contribution < -0.4 is 0 Å². The van der Waals surface area contributed by atoms with Gasteiger partial charge in [-0.2, -0.15) is 0 Å². The summed E-state index contributed by atoms with van der Waals surface area (Å²) in [6.07, 6.45) is 2.32. The number of furan rings is 1. The maximum atomic E-state index is 6.02. The van der Waals surface area contributed by atoms with Crippen molar-refractivity contribution in [1.82, 2.24) is 0 Å². The molecule has 0 N–H and O–H groups in total. The Morgan fingerprint density at radius 3 is 2.46 bits per heavy atom. The highest BCUT2D eigenvalue weighted by atomic mass is 16.3. The molecule has 1 aromatic heterocycles. The lowest BCUT2D eigenvalue weighted by molar-refractivity contribution is 0.669. The van der Waals surface area contributed by atoms with Gasteiger partial charge in [0.15, 0.2) is 0 Å². The molecule has 116 valence electrons. The van der Waals surface area contributed by atoms with Crippen molar-refractivity contribution in [1.29, 1.82) is 0 Å². The van der Waals surface area contributed by atoms with Gasteiger partial charge < -0.3 is 4.42 Å². The third-order valence-corrected chi connectivity index (χ3v) is 4.96. The van der Waals surface area contributed by atoms with Crippen molar-refractivity contribution in [2.45, 2.75) is 19.8 Å². The molecule has 0 radical (unpaired) electrons. The molecular weight excluding hydrogens is 292 g/mol. The molecule has 5 rings (SSSR count). The van der Waals surface area contributed by atoms with E-state index in [1.165, 1.54) is 44.3 Å². The van der Waals surface area contributed by atoms with E-state index >= 15 is 0 Å². The minimum Gasteiger partial charge on any atom is -0.456 e. The van der Waals surface area contributed by atoms with Crippen LogP contribution in [0.1, 0.15) is 18.9 Å². The second-order valence-corrected chi connectivity index (χ2v) is 6.50. The van der Waals surface area contributed by atoms with Crippen molar-refractivity contribution in [2.24, 2.45) is 0 Å². The van der Waals surface area contributed by atoms with Crippen LogP contribution in [0.15, 0.2) is 71.1 Å². The summed E-state index contributed by atoms with van der Waals surface area (Å²) in [5, 5.41) is 7.63. The lowest BCUT2D eigenvalue weighted by Gasteiger charge is -2.07. The number of hydrogen-bond donors (Lipinski definition) is 0. The summed E-state index contributed by atoms with van der Waals surface area (Å²) in [7, 11) is 0. The third kappa shape index (κ3) is 1.88. The van der Waals surface area contributed by atoms with E-state index in [4.69, 9.17) is 4.42 Å². The summed E-state index contributed by atoms with van der Waals surface area (Å²) in [5.74, 6) is 0. The van der Waals surface area contributed by atoms with Crippen LogP contribution >= 0.6 is 0 Å². The molecule has 0 bridgehead atoms. The van der Waals surface area contributed by atoms with E-state index in [0.29, 0.717) is 0 Å². The summed E-state index contributed by atoms with van der Waals surface area (Å²) in [6, 6.07) is 24.0. The molecule has 0 saturated carbocycles. The van der Waals surface area contributed by atoms with Gasteiger partial charge >= 0.3 is 0 Å². The van der Waals surface area contributed by atoms with Crippen molar-refractivity contribution in [3.05, 3.63) is 72.3 Å². The number of para-hydroxylation sites is 1. The van der Waals surface area contributed by atoms with Crippen LogP contribution in [0.4, 0.5) is 0 Å². The van der Waals surface area contributed by atoms with Crippen molar-refractivity contribution in [3.63, 3.8) is 0 Å². The summed E-state index contributed by atoms with van der Waals surface area (Å²) in [6.45, 7) is 2.23. The van der Waals surface area contributed by atoms with E-state index < -0.39 is 0 Å². The Bertz CT molecular complexity index is 1210. The first-order chi connectivity index (χ1) is 11.8. The Morgan fingerprint density at radius 1 is 0.708 bits per heavy atom. The third-order valence-electron chi connectivity index (χ3n) is 4.96. The second kappa shape index (κ2) is 5.10. The lowest BCUT2D eigenvalue weighted by atomic mass is 9.96. The van der Waals surface area contributed by atoms with Gasteiger partial charge in [-0.15, -0.1) is 0 Å². The fourth-order valence-corrected chi connectivity index (χ4v) is 3.86. The molecule has 0 spiro atoms. The zero-order valence-electron chi connectivity index (χ0n) is 13.7. The van der Waals surface area contributed by atoms with Gasteiger partial charge in [-0.3, -0.25) is 0 Å². The second-order valence-electron chi connectivity index (χ2n) is 6.50. The van der Waals surface area contributed by atoms with Gasteiger partial charge in [-0.25, -0.2) is 0 Å². The topological polar surface area (TPSA) is 13.1 Å². The average molecular weight is 310 g/mol. The zero-order chi connectivity index (χ0) is 16.1. The van der Waals surface area contributed by atoms with Crippen molar-refractivity contribution in [3.8, 4) is 0 Å². The van der Waals surface area contributed by atoms with Crippen LogP contribution in [-0.2, 0) is 6.42 Å². The Kier molecular flexibility index (Phi) is 2.90. The van der Waals surface area contributed by atoms with Gasteiger partial charge in [-0.05, 0) is 45.7 Å². The summed E-state index contributed by atoms with van der Waals surface area (Å²) in [5.41, 5.74) is 3.34. The Hall–Kier alpha value is -2.80. The lowest BCUT2D eigenvalue weighted by Crippen LogP contribution is -1.84. The highest BCUT2D eigenvalue weighted by Gasteiger charge is 2.11. The van der Waals surface area contributed by atoms with Crippen LogP contribution in [0.25, 0.3) is 43.5 Å². The molecule has 0 unspecified atom stereocenters. The fourth-order valence-electron chi connectivity index (χ4n) is 3.86. The number of fused-ring (bicyclic) bond motifs is 7. The van der Waals surface area contributed by atoms with E-state index in [0.717, 1.165) is 17.6 Å². The van der Waals surface area contributed by atoms with E-state index in [1.54, 1.807) is 0 Å². The SMILES string of the molecule is CCCc1ccc2c(ccc3c2ccc2oc4ccccc4c23)c1. The number of benzene rings is 4. The smallest absolute Gasteiger partial charge is 0.136 e. The molecule has 1 heteroatoms. The van der Waals surface area contributed by atoms with E-state index in [1.807, 2.05) is 12.1 Å². The van der Waals surface area contributed by atoms with Crippen molar-refractivity contribution >= 4 is 43.5 Å². The minimum atomic E-state index is 0.957. The molecule has 0 saturated heterocycles. The maximum Gasteiger partial charge on any atom is 0.136 e. The van der Waals surface area contributed by atoms with Gasteiger partial charge in [0.25, 0.3) is 0 Å². The Labute approximate surface area is 140 Å². The number of rotatable bonds is 2. The largest absolute Gasteiger partial charge is 0.456 e. The molecule has 0 fully saturated rings. The fraction of sp³-hybridized carbons (Fsp3) is 0.130. The summed E-state index contributed by atoms with van der Waals surface area (Å²) >= 11 is 0. The van der Waals surface area contributed by atoms with Crippen LogP contribution in [0, 0.1) is 0 Å². The maximum absolute atomic E-state index is 6.02. The van der Waals surface area contributed by atoms with Crippen LogP contribution in [0.2, 0.25) is 0 Å².